The third kappa shape index (κ3) is 2.99. The molecule has 2 rings (SSSR count). The summed E-state index contributed by atoms with van der Waals surface area (Å²) in [6, 6.07) is 0. The SMILES string of the molecule is CC(C)(C)OC(=O)N1CC[C@H](c2cocn2)C1. The van der Waals surface area contributed by atoms with Crippen molar-refractivity contribution in [3.63, 3.8) is 0 Å². The van der Waals surface area contributed by atoms with E-state index < -0.39 is 5.60 Å². The molecule has 0 radical (unpaired) electrons. The molecule has 0 unspecified atom stereocenters. The molecule has 1 aliphatic heterocycles. The molecule has 2 heterocycles. The van der Waals surface area contributed by atoms with Gasteiger partial charge in [-0.1, -0.05) is 0 Å². The van der Waals surface area contributed by atoms with Crippen LogP contribution in [-0.2, 0) is 4.74 Å². The van der Waals surface area contributed by atoms with Crippen molar-refractivity contribution in [3.8, 4) is 0 Å². The first-order valence-corrected chi connectivity index (χ1v) is 5.82. The Bertz CT molecular complexity index is 381. The largest absolute Gasteiger partial charge is 0.451 e. The van der Waals surface area contributed by atoms with Gasteiger partial charge in [0.15, 0.2) is 6.39 Å². The molecule has 0 saturated carbocycles. The zero-order valence-corrected chi connectivity index (χ0v) is 10.5. The van der Waals surface area contributed by atoms with Crippen LogP contribution in [0.2, 0.25) is 0 Å². The zero-order valence-electron chi connectivity index (χ0n) is 10.5. The van der Waals surface area contributed by atoms with Gasteiger partial charge in [-0.3, -0.25) is 0 Å². The van der Waals surface area contributed by atoms with Gasteiger partial charge in [-0.05, 0) is 27.2 Å². The Morgan fingerprint density at radius 3 is 2.94 bits per heavy atom. The van der Waals surface area contributed by atoms with Crippen molar-refractivity contribution in [2.75, 3.05) is 13.1 Å². The van der Waals surface area contributed by atoms with Gasteiger partial charge >= 0.3 is 6.09 Å². The Morgan fingerprint density at radius 1 is 1.59 bits per heavy atom. The van der Waals surface area contributed by atoms with E-state index in [2.05, 4.69) is 4.98 Å². The van der Waals surface area contributed by atoms with Gasteiger partial charge in [0.1, 0.15) is 11.9 Å². The smallest absolute Gasteiger partial charge is 0.410 e. The third-order valence-electron chi connectivity index (χ3n) is 2.71. The molecule has 5 heteroatoms. The van der Waals surface area contributed by atoms with Crippen LogP contribution in [0.25, 0.3) is 0 Å². The van der Waals surface area contributed by atoms with E-state index >= 15 is 0 Å². The van der Waals surface area contributed by atoms with Crippen LogP contribution < -0.4 is 0 Å². The average molecular weight is 238 g/mol. The minimum Gasteiger partial charge on any atom is -0.451 e. The molecule has 1 fully saturated rings. The molecule has 1 aliphatic rings. The van der Waals surface area contributed by atoms with E-state index in [0.29, 0.717) is 13.1 Å². The number of aromatic nitrogens is 1. The summed E-state index contributed by atoms with van der Waals surface area (Å²) in [4.78, 5) is 17.7. The molecule has 0 N–H and O–H groups in total. The Hall–Kier alpha value is -1.52. The van der Waals surface area contributed by atoms with Crippen molar-refractivity contribution in [2.45, 2.75) is 38.7 Å². The van der Waals surface area contributed by atoms with Crippen LogP contribution >= 0.6 is 0 Å². The highest BCUT2D eigenvalue weighted by Gasteiger charge is 2.31. The second-order valence-electron chi connectivity index (χ2n) is 5.33. The Morgan fingerprint density at radius 2 is 2.35 bits per heavy atom. The fraction of sp³-hybridized carbons (Fsp3) is 0.667. The maximum absolute atomic E-state index is 11.8. The van der Waals surface area contributed by atoms with E-state index in [-0.39, 0.29) is 12.0 Å². The topological polar surface area (TPSA) is 55.6 Å². The molecule has 1 aromatic heterocycles. The Labute approximate surface area is 101 Å². The lowest BCUT2D eigenvalue weighted by Crippen LogP contribution is -2.35. The van der Waals surface area contributed by atoms with Crippen molar-refractivity contribution in [1.29, 1.82) is 0 Å². The standard InChI is InChI=1S/C12H18N2O3/c1-12(2,3)17-11(15)14-5-4-9(6-14)10-7-16-8-13-10/h7-9H,4-6H2,1-3H3/t9-/m0/s1. The molecular formula is C12H18N2O3. The number of rotatable bonds is 1. The summed E-state index contributed by atoms with van der Waals surface area (Å²) in [7, 11) is 0. The van der Waals surface area contributed by atoms with Crippen LogP contribution in [0, 0.1) is 0 Å². The summed E-state index contributed by atoms with van der Waals surface area (Å²) in [6.07, 6.45) is 3.73. The number of ether oxygens (including phenoxy) is 1. The lowest BCUT2D eigenvalue weighted by Gasteiger charge is -2.24. The van der Waals surface area contributed by atoms with E-state index in [9.17, 15) is 4.79 Å². The van der Waals surface area contributed by atoms with Crippen molar-refractivity contribution in [2.24, 2.45) is 0 Å². The molecule has 1 amide bonds. The maximum atomic E-state index is 11.8. The molecule has 0 spiro atoms. The summed E-state index contributed by atoms with van der Waals surface area (Å²) in [5.41, 5.74) is 0.472. The molecule has 0 aliphatic carbocycles. The first-order chi connectivity index (χ1) is 7.96. The van der Waals surface area contributed by atoms with Gasteiger partial charge in [0.25, 0.3) is 0 Å². The molecule has 94 valence electrons. The molecule has 1 aromatic rings. The van der Waals surface area contributed by atoms with Gasteiger partial charge in [-0.25, -0.2) is 9.78 Å². The van der Waals surface area contributed by atoms with Gasteiger partial charge in [-0.2, -0.15) is 0 Å². The van der Waals surface area contributed by atoms with Gasteiger partial charge in [-0.15, -0.1) is 0 Å². The Balaban J connectivity index is 1.92. The van der Waals surface area contributed by atoms with E-state index in [1.165, 1.54) is 6.39 Å². The summed E-state index contributed by atoms with van der Waals surface area (Å²) >= 11 is 0. The number of likely N-dealkylation sites (tertiary alicyclic amines) is 1. The van der Waals surface area contributed by atoms with Crippen LogP contribution in [0.15, 0.2) is 17.1 Å². The van der Waals surface area contributed by atoms with Crippen molar-refractivity contribution >= 4 is 6.09 Å². The van der Waals surface area contributed by atoms with Gasteiger partial charge in [0.05, 0.1) is 5.69 Å². The number of carbonyl (C=O) groups excluding carboxylic acids is 1. The van der Waals surface area contributed by atoms with Gasteiger partial charge in [0, 0.05) is 19.0 Å². The van der Waals surface area contributed by atoms with Crippen LogP contribution in [-0.4, -0.2) is 34.7 Å². The van der Waals surface area contributed by atoms with Crippen LogP contribution in [0.1, 0.15) is 38.8 Å². The van der Waals surface area contributed by atoms with Gasteiger partial charge < -0.3 is 14.1 Å². The highest BCUT2D eigenvalue weighted by atomic mass is 16.6. The molecule has 1 saturated heterocycles. The zero-order chi connectivity index (χ0) is 12.5. The third-order valence-corrected chi connectivity index (χ3v) is 2.71. The van der Waals surface area contributed by atoms with E-state index in [0.717, 1.165) is 12.1 Å². The second kappa shape index (κ2) is 4.39. The van der Waals surface area contributed by atoms with Crippen LogP contribution in [0.4, 0.5) is 4.79 Å². The number of nitrogens with zero attached hydrogens (tertiary/aromatic N) is 2. The predicted octanol–water partition coefficient (Wildman–Crippen LogP) is 2.40. The van der Waals surface area contributed by atoms with Crippen molar-refractivity contribution < 1.29 is 13.9 Å². The molecule has 5 nitrogen and oxygen atoms in total. The maximum Gasteiger partial charge on any atom is 0.410 e. The number of hydrogen-bond donors (Lipinski definition) is 0. The number of oxazole rings is 1. The fourth-order valence-corrected chi connectivity index (χ4v) is 1.92. The van der Waals surface area contributed by atoms with E-state index in [4.69, 9.17) is 9.15 Å². The minimum absolute atomic E-state index is 0.247. The quantitative estimate of drug-likeness (QED) is 0.753. The molecule has 0 bridgehead atoms. The summed E-state index contributed by atoms with van der Waals surface area (Å²) in [5.74, 6) is 0.265. The number of hydrogen-bond acceptors (Lipinski definition) is 4. The van der Waals surface area contributed by atoms with E-state index in [1.54, 1.807) is 11.2 Å². The molecule has 17 heavy (non-hydrogen) atoms. The summed E-state index contributed by atoms with van der Waals surface area (Å²) in [5, 5.41) is 0. The first kappa shape index (κ1) is 12.0. The Kier molecular flexibility index (Phi) is 3.09. The van der Waals surface area contributed by atoms with Gasteiger partial charge in [0.2, 0.25) is 0 Å². The number of amides is 1. The monoisotopic (exact) mass is 238 g/mol. The van der Waals surface area contributed by atoms with Crippen molar-refractivity contribution in [1.82, 2.24) is 9.88 Å². The molecule has 1 atom stereocenters. The minimum atomic E-state index is -0.441. The van der Waals surface area contributed by atoms with Crippen LogP contribution in [0.5, 0.6) is 0 Å². The fourth-order valence-electron chi connectivity index (χ4n) is 1.92. The van der Waals surface area contributed by atoms with E-state index in [1.807, 2.05) is 20.8 Å². The molecular weight excluding hydrogens is 220 g/mol. The number of carbonyl (C=O) groups is 1. The second-order valence-corrected chi connectivity index (χ2v) is 5.33. The lowest BCUT2D eigenvalue weighted by molar-refractivity contribution is 0.0292. The normalized spacial score (nSPS) is 20.6. The first-order valence-electron chi connectivity index (χ1n) is 5.82. The lowest BCUT2D eigenvalue weighted by atomic mass is 10.1. The summed E-state index contributed by atoms with van der Waals surface area (Å²) < 4.78 is 10.3. The van der Waals surface area contributed by atoms with Crippen molar-refractivity contribution in [3.05, 3.63) is 18.4 Å². The average Bonchev–Trinajstić information content (AvgIpc) is 2.86. The highest BCUT2D eigenvalue weighted by molar-refractivity contribution is 5.68. The van der Waals surface area contributed by atoms with Crippen LogP contribution in [0.3, 0.4) is 0 Å². The predicted molar refractivity (Wildman–Crippen MR) is 61.7 cm³/mol. The molecule has 0 aromatic carbocycles. The highest BCUT2D eigenvalue weighted by Crippen LogP contribution is 2.26. The summed E-state index contributed by atoms with van der Waals surface area (Å²) in [6.45, 7) is 6.98.